The lowest BCUT2D eigenvalue weighted by molar-refractivity contribution is -0.302. The number of hydrogen-bond donors (Lipinski definition) is 3. The number of amides is 1. The molecule has 322 valence electrons. The highest BCUT2D eigenvalue weighted by molar-refractivity contribution is 6.39. The summed E-state index contributed by atoms with van der Waals surface area (Å²) in [4.78, 5) is 57.8. The van der Waals surface area contributed by atoms with Crippen molar-refractivity contribution in [3.05, 3.63) is 36.0 Å². The quantitative estimate of drug-likeness (QED) is 0.185. The SMILES string of the molecule is C=CC[C@@H]1/C=C(/C)C[C@@H](C)C[C@H](OC)C2O[C@@](O)(C(=O)C(=O)N3CCCCC3C(=O)O[C@H](/C(C)=C/[C@@H]3CC[C@@H](O)[C@H](OC)C3)[C@H](C)[C@@H](O)CC1=O)[C@H](C)C[C@@H]2OC. The van der Waals surface area contributed by atoms with E-state index in [1.807, 2.05) is 32.9 Å². The van der Waals surface area contributed by atoms with Crippen molar-refractivity contribution in [1.29, 1.82) is 0 Å². The molecule has 4 aliphatic rings. The summed E-state index contributed by atoms with van der Waals surface area (Å²) in [6.45, 7) is 13.1. The summed E-state index contributed by atoms with van der Waals surface area (Å²) >= 11 is 0. The van der Waals surface area contributed by atoms with Gasteiger partial charge in [-0.1, -0.05) is 44.6 Å². The number of aliphatic hydroxyl groups excluding tert-OH is 2. The van der Waals surface area contributed by atoms with Crippen LogP contribution < -0.4 is 0 Å². The summed E-state index contributed by atoms with van der Waals surface area (Å²) in [5.74, 6) is -7.76. The van der Waals surface area contributed by atoms with E-state index in [2.05, 4.69) is 6.58 Å². The molecule has 1 saturated carbocycles. The van der Waals surface area contributed by atoms with Crippen LogP contribution in [-0.4, -0.2) is 126 Å². The lowest BCUT2D eigenvalue weighted by Gasteiger charge is -2.47. The Morgan fingerprint density at radius 3 is 2.25 bits per heavy atom. The summed E-state index contributed by atoms with van der Waals surface area (Å²) in [5, 5.41) is 34.1. The lowest BCUT2D eigenvalue weighted by atomic mass is 9.81. The lowest BCUT2D eigenvalue weighted by Crippen LogP contribution is -2.64. The van der Waals surface area contributed by atoms with Crippen molar-refractivity contribution in [2.24, 2.45) is 29.6 Å². The molecule has 1 aliphatic carbocycles. The van der Waals surface area contributed by atoms with Gasteiger partial charge in [0.25, 0.3) is 11.7 Å². The number of hydrogen-bond acceptors (Lipinski definition) is 12. The summed E-state index contributed by atoms with van der Waals surface area (Å²) in [7, 11) is 4.61. The minimum Gasteiger partial charge on any atom is -0.456 e. The number of ketones is 2. The van der Waals surface area contributed by atoms with E-state index in [0.717, 1.165) is 5.57 Å². The number of esters is 1. The molecule has 0 aromatic heterocycles. The van der Waals surface area contributed by atoms with Crippen LogP contribution in [0.1, 0.15) is 105 Å². The largest absolute Gasteiger partial charge is 0.456 e. The summed E-state index contributed by atoms with van der Waals surface area (Å²) < 4.78 is 29.7. The average molecular weight is 804 g/mol. The van der Waals surface area contributed by atoms with Crippen LogP contribution >= 0.6 is 0 Å². The van der Waals surface area contributed by atoms with E-state index in [-0.39, 0.29) is 49.5 Å². The molecule has 2 saturated heterocycles. The highest BCUT2D eigenvalue weighted by Crippen LogP contribution is 2.39. The van der Waals surface area contributed by atoms with Crippen LogP contribution in [0.5, 0.6) is 0 Å². The maximum Gasteiger partial charge on any atom is 0.329 e. The van der Waals surface area contributed by atoms with E-state index in [9.17, 15) is 34.5 Å². The third-order valence-electron chi connectivity index (χ3n) is 12.9. The van der Waals surface area contributed by atoms with Crippen LogP contribution in [0.15, 0.2) is 36.0 Å². The zero-order chi connectivity index (χ0) is 42.2. The van der Waals surface area contributed by atoms with Crippen LogP contribution in [-0.2, 0) is 42.9 Å². The molecule has 0 aromatic rings. The van der Waals surface area contributed by atoms with Crippen LogP contribution in [0.4, 0.5) is 0 Å². The number of methoxy groups -OCH3 is 3. The Hall–Kier alpha value is -2.78. The van der Waals surface area contributed by atoms with E-state index >= 15 is 0 Å². The molecule has 14 atom stereocenters. The van der Waals surface area contributed by atoms with E-state index in [1.165, 1.54) is 19.1 Å². The Labute approximate surface area is 339 Å². The molecule has 13 nitrogen and oxygen atoms in total. The zero-order valence-electron chi connectivity index (χ0n) is 35.4. The summed E-state index contributed by atoms with van der Waals surface area (Å²) in [6.07, 6.45) is 4.93. The fourth-order valence-electron chi connectivity index (χ4n) is 9.42. The molecule has 0 aromatic carbocycles. The first-order valence-corrected chi connectivity index (χ1v) is 20.9. The molecule has 3 N–H and O–H groups in total. The molecule has 3 aliphatic heterocycles. The molecule has 2 bridgehead atoms. The third-order valence-corrected chi connectivity index (χ3v) is 12.9. The molecule has 0 radical (unpaired) electrons. The van der Waals surface area contributed by atoms with Gasteiger partial charge in [0.15, 0.2) is 0 Å². The number of piperidine rings is 1. The highest BCUT2D eigenvalue weighted by Gasteiger charge is 2.56. The average Bonchev–Trinajstić information content (AvgIpc) is 3.18. The van der Waals surface area contributed by atoms with Crippen molar-refractivity contribution < 1.29 is 58.2 Å². The van der Waals surface area contributed by atoms with Gasteiger partial charge in [-0.15, -0.1) is 6.58 Å². The number of aliphatic hydroxyl groups is 3. The zero-order valence-corrected chi connectivity index (χ0v) is 35.4. The predicted octanol–water partition coefficient (Wildman–Crippen LogP) is 4.64. The number of Topliss-reactive ketones (excluding diaryl/α,β-unsaturated/α-hetero) is 2. The summed E-state index contributed by atoms with van der Waals surface area (Å²) in [5.41, 5.74) is 1.61. The molecule has 4 rings (SSSR count). The normalized spacial score (nSPS) is 41.0. The number of cyclic esters (lactones) is 1. The second kappa shape index (κ2) is 21.0. The molecule has 3 heterocycles. The van der Waals surface area contributed by atoms with Crippen molar-refractivity contribution in [3.8, 4) is 0 Å². The van der Waals surface area contributed by atoms with Crippen LogP contribution in [0.2, 0.25) is 0 Å². The van der Waals surface area contributed by atoms with E-state index in [1.54, 1.807) is 27.0 Å². The molecule has 3 fully saturated rings. The predicted molar refractivity (Wildman–Crippen MR) is 213 cm³/mol. The van der Waals surface area contributed by atoms with Gasteiger partial charge in [-0.05, 0) is 95.5 Å². The second-order valence-electron chi connectivity index (χ2n) is 17.3. The van der Waals surface area contributed by atoms with Crippen molar-refractivity contribution in [2.45, 2.75) is 160 Å². The third kappa shape index (κ3) is 11.3. The fourth-order valence-corrected chi connectivity index (χ4v) is 9.42. The van der Waals surface area contributed by atoms with Crippen molar-refractivity contribution in [2.75, 3.05) is 27.9 Å². The number of carbonyl (C=O) groups excluding carboxylic acids is 4. The standard InChI is InChI=1S/C44H69NO12/c1-10-13-31-19-25(2)18-26(3)20-37(54-8)40-38(55-9)22-28(5)44(52,57-40)41(49)42(50)45-17-12-11-14-32(45)43(51)56-39(29(6)34(47)24-35(31)48)27(4)21-30-15-16-33(46)36(23-30)53-7/h10,19,21,26,28-34,36-40,46-47,52H,1,11-18,20,22-24H2,2-9H3/b25-19-,27-21+/t26-,28-,29-,30+,31-,32?,33-,34+,36-,37+,38+,39-,40?,44-/m1/s1. The van der Waals surface area contributed by atoms with Crippen molar-refractivity contribution >= 4 is 23.4 Å². The fraction of sp³-hybridized carbons (Fsp3) is 0.773. The Morgan fingerprint density at radius 1 is 0.930 bits per heavy atom. The summed E-state index contributed by atoms with van der Waals surface area (Å²) in [6, 6.07) is -1.14. The number of nitrogens with zero attached hydrogens (tertiary/aromatic N) is 1. The maximum atomic E-state index is 14.3. The maximum absolute atomic E-state index is 14.3. The minimum atomic E-state index is -2.51. The molecule has 13 heteroatoms. The molecular weight excluding hydrogens is 734 g/mol. The molecule has 2 unspecified atom stereocenters. The Bertz CT molecular complexity index is 1480. The number of ether oxygens (including phenoxy) is 5. The first-order chi connectivity index (χ1) is 27.0. The number of carbonyl (C=O) groups is 4. The van der Waals surface area contributed by atoms with Gasteiger partial charge in [-0.3, -0.25) is 14.4 Å². The van der Waals surface area contributed by atoms with Gasteiger partial charge < -0.3 is 43.9 Å². The van der Waals surface area contributed by atoms with Crippen LogP contribution in [0.3, 0.4) is 0 Å². The van der Waals surface area contributed by atoms with Crippen LogP contribution in [0.25, 0.3) is 0 Å². The van der Waals surface area contributed by atoms with Crippen LogP contribution in [0, 0.1) is 29.6 Å². The van der Waals surface area contributed by atoms with Gasteiger partial charge >= 0.3 is 5.97 Å². The molecule has 57 heavy (non-hydrogen) atoms. The minimum absolute atomic E-state index is 0.00988. The topological polar surface area (TPSA) is 178 Å². The van der Waals surface area contributed by atoms with E-state index in [4.69, 9.17) is 23.7 Å². The van der Waals surface area contributed by atoms with E-state index in [0.29, 0.717) is 56.9 Å². The molecular formula is C44H69NO12. The monoisotopic (exact) mass is 803 g/mol. The van der Waals surface area contributed by atoms with Gasteiger partial charge in [-0.2, -0.15) is 0 Å². The number of allylic oxidation sites excluding steroid dienone is 4. The number of rotatable bonds is 7. The van der Waals surface area contributed by atoms with Gasteiger partial charge in [-0.25, -0.2) is 4.79 Å². The van der Waals surface area contributed by atoms with Crippen molar-refractivity contribution in [1.82, 2.24) is 4.90 Å². The first-order valence-electron chi connectivity index (χ1n) is 20.9. The molecule has 0 spiro atoms. The second-order valence-corrected chi connectivity index (χ2v) is 17.3. The van der Waals surface area contributed by atoms with Gasteiger partial charge in [0.05, 0.1) is 30.5 Å². The smallest absolute Gasteiger partial charge is 0.329 e. The van der Waals surface area contributed by atoms with Gasteiger partial charge in [0.2, 0.25) is 5.79 Å². The van der Waals surface area contributed by atoms with Gasteiger partial charge in [0, 0.05) is 52.0 Å². The number of fused-ring (bicyclic) bond motifs is 3. The molecule has 1 amide bonds. The Balaban J connectivity index is 1.78. The van der Waals surface area contributed by atoms with Gasteiger partial charge in [0.1, 0.15) is 24.0 Å². The Kier molecular flexibility index (Phi) is 17.2. The Morgan fingerprint density at radius 2 is 1.60 bits per heavy atom. The first kappa shape index (κ1) is 46.9. The van der Waals surface area contributed by atoms with Crippen molar-refractivity contribution in [3.63, 3.8) is 0 Å². The van der Waals surface area contributed by atoms with E-state index < -0.39 is 83.9 Å². The highest BCUT2D eigenvalue weighted by atomic mass is 16.7.